The number of anilines is 1. The molecule has 1 aromatic carbocycles. The molecule has 1 saturated heterocycles. The summed E-state index contributed by atoms with van der Waals surface area (Å²) in [5.74, 6) is -0.0800. The van der Waals surface area contributed by atoms with Crippen LogP contribution in [0.25, 0.3) is 11.3 Å². The SMILES string of the molecule is O=C(CN1Cc2ccc(-c3nc(NC4CCOCC4)ncc3Cl)cc2C1=O)N[C@H](CO)c1ccsc1. The van der Waals surface area contributed by atoms with Crippen molar-refractivity contribution in [3.63, 3.8) is 0 Å². The van der Waals surface area contributed by atoms with Crippen LogP contribution in [0.5, 0.6) is 0 Å². The van der Waals surface area contributed by atoms with Crippen LogP contribution in [-0.2, 0) is 16.1 Å². The fourth-order valence-corrected chi connectivity index (χ4v) is 5.34. The predicted molar refractivity (Wildman–Crippen MR) is 137 cm³/mol. The lowest BCUT2D eigenvalue weighted by Gasteiger charge is -2.23. The van der Waals surface area contributed by atoms with Crippen molar-refractivity contribution < 1.29 is 19.4 Å². The van der Waals surface area contributed by atoms with Crippen LogP contribution in [0.1, 0.15) is 40.4 Å². The fourth-order valence-electron chi connectivity index (χ4n) is 4.42. The molecule has 0 radical (unpaired) electrons. The van der Waals surface area contributed by atoms with E-state index in [1.165, 1.54) is 16.2 Å². The zero-order valence-corrected chi connectivity index (χ0v) is 21.0. The van der Waals surface area contributed by atoms with Crippen molar-refractivity contribution >= 4 is 40.7 Å². The van der Waals surface area contributed by atoms with E-state index in [0.29, 0.717) is 47.6 Å². The zero-order chi connectivity index (χ0) is 25.1. The van der Waals surface area contributed by atoms with Crippen LogP contribution in [0.3, 0.4) is 0 Å². The summed E-state index contributed by atoms with van der Waals surface area (Å²) in [6, 6.07) is 7.10. The minimum atomic E-state index is -0.501. The highest BCUT2D eigenvalue weighted by atomic mass is 35.5. The summed E-state index contributed by atoms with van der Waals surface area (Å²) in [5.41, 5.74) is 3.43. The Hall–Kier alpha value is -3.05. The highest BCUT2D eigenvalue weighted by Gasteiger charge is 2.30. The average molecular weight is 528 g/mol. The Labute approximate surface area is 217 Å². The van der Waals surface area contributed by atoms with Crippen LogP contribution in [0.4, 0.5) is 5.95 Å². The number of aromatic nitrogens is 2. The van der Waals surface area contributed by atoms with Crippen molar-refractivity contribution in [3.05, 3.63) is 62.9 Å². The number of aliphatic hydroxyl groups is 1. The van der Waals surface area contributed by atoms with Crippen molar-refractivity contribution in [2.45, 2.75) is 31.5 Å². The molecule has 0 bridgehead atoms. The van der Waals surface area contributed by atoms with Gasteiger partial charge in [0.1, 0.15) is 6.54 Å². The summed E-state index contributed by atoms with van der Waals surface area (Å²) < 4.78 is 5.40. The Kier molecular flexibility index (Phi) is 7.47. The lowest BCUT2D eigenvalue weighted by atomic mass is 10.0. The topological polar surface area (TPSA) is 117 Å². The second-order valence-electron chi connectivity index (χ2n) is 8.81. The van der Waals surface area contributed by atoms with E-state index in [1.54, 1.807) is 12.3 Å². The Bertz CT molecular complexity index is 1250. The number of ether oxygens (including phenoxy) is 1. The van der Waals surface area contributed by atoms with Gasteiger partial charge in [-0.15, -0.1) is 0 Å². The van der Waals surface area contributed by atoms with Crippen LogP contribution in [0.2, 0.25) is 5.02 Å². The number of halogens is 1. The first-order valence-electron chi connectivity index (χ1n) is 11.7. The van der Waals surface area contributed by atoms with Crippen molar-refractivity contribution in [1.82, 2.24) is 20.2 Å². The maximum Gasteiger partial charge on any atom is 0.254 e. The number of carbonyl (C=O) groups is 2. The first-order chi connectivity index (χ1) is 17.5. The lowest BCUT2D eigenvalue weighted by molar-refractivity contribution is -0.122. The molecular weight excluding hydrogens is 502 g/mol. The van der Waals surface area contributed by atoms with Gasteiger partial charge in [-0.1, -0.05) is 23.7 Å². The maximum atomic E-state index is 13.1. The molecule has 0 spiro atoms. The van der Waals surface area contributed by atoms with Gasteiger partial charge in [0, 0.05) is 36.9 Å². The number of nitrogens with zero attached hydrogens (tertiary/aromatic N) is 3. The number of hydrogen-bond acceptors (Lipinski definition) is 8. The Balaban J connectivity index is 1.28. The normalized spacial score (nSPS) is 16.6. The van der Waals surface area contributed by atoms with Crippen molar-refractivity contribution in [2.75, 3.05) is 31.7 Å². The molecule has 2 aromatic heterocycles. The van der Waals surface area contributed by atoms with E-state index in [1.807, 2.05) is 29.0 Å². The maximum absolute atomic E-state index is 13.1. The molecule has 4 heterocycles. The predicted octanol–water partition coefficient (Wildman–Crippen LogP) is 3.26. The first kappa shape index (κ1) is 24.6. The highest BCUT2D eigenvalue weighted by molar-refractivity contribution is 7.08. The van der Waals surface area contributed by atoms with Crippen molar-refractivity contribution in [2.24, 2.45) is 0 Å². The third kappa shape index (κ3) is 5.36. The molecule has 11 heteroatoms. The van der Waals surface area contributed by atoms with Crippen LogP contribution >= 0.6 is 22.9 Å². The third-order valence-electron chi connectivity index (χ3n) is 6.36. The molecule has 3 aromatic rings. The second-order valence-corrected chi connectivity index (χ2v) is 10.0. The van der Waals surface area contributed by atoms with Crippen molar-refractivity contribution in [1.29, 1.82) is 0 Å². The Morgan fingerprint density at radius 1 is 1.31 bits per heavy atom. The molecular formula is C25H26ClN5O4S. The van der Waals surface area contributed by atoms with E-state index in [4.69, 9.17) is 16.3 Å². The summed E-state index contributed by atoms with van der Waals surface area (Å²) in [4.78, 5) is 36.2. The van der Waals surface area contributed by atoms with Gasteiger partial charge in [-0.2, -0.15) is 11.3 Å². The monoisotopic (exact) mass is 527 g/mol. The van der Waals surface area contributed by atoms with Gasteiger partial charge in [-0.25, -0.2) is 9.97 Å². The van der Waals surface area contributed by atoms with Gasteiger partial charge in [0.05, 0.1) is 29.6 Å². The zero-order valence-electron chi connectivity index (χ0n) is 19.4. The van der Waals surface area contributed by atoms with Crippen LogP contribution in [0, 0.1) is 0 Å². The number of carbonyl (C=O) groups excluding carboxylic acids is 2. The third-order valence-corrected chi connectivity index (χ3v) is 7.34. The number of hydrogen-bond donors (Lipinski definition) is 3. The molecule has 9 nitrogen and oxygen atoms in total. The molecule has 36 heavy (non-hydrogen) atoms. The number of amides is 2. The molecule has 3 N–H and O–H groups in total. The molecule has 2 aliphatic heterocycles. The smallest absolute Gasteiger partial charge is 0.254 e. The lowest BCUT2D eigenvalue weighted by Crippen LogP contribution is -2.39. The number of benzene rings is 1. The average Bonchev–Trinajstić information content (AvgIpc) is 3.53. The largest absolute Gasteiger partial charge is 0.394 e. The number of nitrogens with one attached hydrogen (secondary N) is 2. The van der Waals surface area contributed by atoms with Gasteiger partial charge in [-0.05, 0) is 46.9 Å². The summed E-state index contributed by atoms with van der Waals surface area (Å²) in [6.07, 6.45) is 3.32. The van der Waals surface area contributed by atoms with Gasteiger partial charge in [-0.3, -0.25) is 9.59 Å². The number of rotatable bonds is 8. The Morgan fingerprint density at radius 3 is 2.89 bits per heavy atom. The summed E-state index contributed by atoms with van der Waals surface area (Å²) in [5, 5.41) is 19.9. The van der Waals surface area contributed by atoms with Gasteiger partial charge in [0.15, 0.2) is 0 Å². The summed E-state index contributed by atoms with van der Waals surface area (Å²) in [7, 11) is 0. The van der Waals surface area contributed by atoms with E-state index in [9.17, 15) is 14.7 Å². The van der Waals surface area contributed by atoms with E-state index in [0.717, 1.165) is 24.0 Å². The number of fused-ring (bicyclic) bond motifs is 1. The number of aliphatic hydroxyl groups excluding tert-OH is 1. The van der Waals surface area contributed by atoms with E-state index < -0.39 is 6.04 Å². The highest BCUT2D eigenvalue weighted by Crippen LogP contribution is 2.31. The van der Waals surface area contributed by atoms with Crippen LogP contribution in [-0.4, -0.2) is 64.2 Å². The standard InChI is InChI=1S/C25H26ClN5O4S/c26-20-10-27-25(28-18-3-6-35-7-4-18)30-23(20)15-1-2-16-11-31(24(34)19(16)9-15)12-22(33)29-21(13-32)17-5-8-36-14-17/h1-2,5,8-10,14,18,21,32H,3-4,6-7,11-13H2,(H,29,33)(H,27,28,30)/t21-/m1/s1. The molecule has 1 fully saturated rings. The molecule has 188 valence electrons. The van der Waals surface area contributed by atoms with E-state index in [-0.39, 0.29) is 31.0 Å². The van der Waals surface area contributed by atoms with Gasteiger partial charge in [0.25, 0.3) is 5.91 Å². The molecule has 0 aliphatic carbocycles. The Morgan fingerprint density at radius 2 is 2.14 bits per heavy atom. The first-order valence-corrected chi connectivity index (χ1v) is 13.1. The van der Waals surface area contributed by atoms with Gasteiger partial charge in [0.2, 0.25) is 11.9 Å². The molecule has 2 amide bonds. The summed E-state index contributed by atoms with van der Waals surface area (Å²) >= 11 is 7.91. The van der Waals surface area contributed by atoms with E-state index >= 15 is 0 Å². The molecule has 5 rings (SSSR count). The number of thiophene rings is 1. The van der Waals surface area contributed by atoms with Gasteiger partial charge < -0.3 is 25.4 Å². The summed E-state index contributed by atoms with van der Waals surface area (Å²) in [6.45, 7) is 1.42. The van der Waals surface area contributed by atoms with Crippen molar-refractivity contribution in [3.8, 4) is 11.3 Å². The minimum absolute atomic E-state index is 0.100. The fraction of sp³-hybridized carbons (Fsp3) is 0.360. The van der Waals surface area contributed by atoms with Crippen LogP contribution < -0.4 is 10.6 Å². The minimum Gasteiger partial charge on any atom is -0.394 e. The van der Waals surface area contributed by atoms with Crippen LogP contribution in [0.15, 0.2) is 41.2 Å². The quantitative estimate of drug-likeness (QED) is 0.411. The molecule has 0 unspecified atom stereocenters. The molecule has 2 aliphatic rings. The molecule has 1 atom stereocenters. The molecule has 0 saturated carbocycles. The van der Waals surface area contributed by atoms with Gasteiger partial charge >= 0.3 is 0 Å². The van der Waals surface area contributed by atoms with E-state index in [2.05, 4.69) is 20.6 Å². The second kappa shape index (κ2) is 10.9.